The van der Waals surface area contributed by atoms with E-state index in [-0.39, 0.29) is 35.1 Å². The van der Waals surface area contributed by atoms with E-state index < -0.39 is 23.8 Å². The molecule has 0 unspecified atom stereocenters. The van der Waals surface area contributed by atoms with Gasteiger partial charge in [-0.1, -0.05) is 30.3 Å². The number of nitrogens with zero attached hydrogens (tertiary/aromatic N) is 1. The van der Waals surface area contributed by atoms with Crippen LogP contribution in [0.15, 0.2) is 72.3 Å². The van der Waals surface area contributed by atoms with Crippen LogP contribution in [0.2, 0.25) is 0 Å². The van der Waals surface area contributed by atoms with Crippen molar-refractivity contribution in [3.8, 4) is 5.75 Å². The number of barbiturate groups is 1. The van der Waals surface area contributed by atoms with Gasteiger partial charge in [-0.3, -0.25) is 19.7 Å². The number of aryl methyl sites for hydroxylation is 2. The van der Waals surface area contributed by atoms with Gasteiger partial charge < -0.3 is 14.8 Å². The third-order valence-corrected chi connectivity index (χ3v) is 5.89. The molecule has 0 saturated carbocycles. The molecule has 1 aliphatic heterocycles. The molecule has 0 aliphatic carbocycles. The highest BCUT2D eigenvalue weighted by molar-refractivity contribution is 6.39. The molecule has 2 N–H and O–H groups in total. The van der Waals surface area contributed by atoms with Gasteiger partial charge in [0.25, 0.3) is 17.7 Å². The average Bonchev–Trinajstić information content (AvgIpc) is 2.92. The first kappa shape index (κ1) is 26.8. The monoisotopic (exact) mass is 527 g/mol. The standard InChI is InChI=1S/C29H25N3O7/c1-17-8-9-18(2)23(14-17)30-25(33)16-39-24-7-5-4-6-20(24)15-22-26(34)31-29(37)32(27(22)35)21-12-10-19(11-13-21)28(36)38-3/h4-15H,16H2,1-3H3,(H,30,33)(H,31,34,37)/b22-15-. The number of benzene rings is 3. The SMILES string of the molecule is COC(=O)c1ccc(N2C(=O)NC(=O)/C(=C/c3ccccc3OCC(=O)Nc3cc(C)ccc3C)C2=O)cc1. The van der Waals surface area contributed by atoms with Gasteiger partial charge in [0, 0.05) is 11.3 Å². The highest BCUT2D eigenvalue weighted by Crippen LogP contribution is 2.26. The van der Waals surface area contributed by atoms with E-state index in [1.165, 1.54) is 37.5 Å². The van der Waals surface area contributed by atoms with Crippen LogP contribution in [0.25, 0.3) is 6.08 Å². The summed E-state index contributed by atoms with van der Waals surface area (Å²) >= 11 is 0. The molecular weight excluding hydrogens is 502 g/mol. The average molecular weight is 528 g/mol. The summed E-state index contributed by atoms with van der Waals surface area (Å²) in [4.78, 5) is 63.4. The van der Waals surface area contributed by atoms with Gasteiger partial charge in [0.1, 0.15) is 11.3 Å². The van der Waals surface area contributed by atoms with Crippen molar-refractivity contribution in [2.45, 2.75) is 13.8 Å². The maximum Gasteiger partial charge on any atom is 0.337 e. The lowest BCUT2D eigenvalue weighted by molar-refractivity contribution is -0.122. The van der Waals surface area contributed by atoms with Crippen molar-refractivity contribution in [1.29, 1.82) is 0 Å². The molecular formula is C29H25N3O7. The van der Waals surface area contributed by atoms with Gasteiger partial charge in [-0.25, -0.2) is 14.5 Å². The maximum atomic E-state index is 13.2. The molecule has 0 atom stereocenters. The molecule has 1 fully saturated rings. The van der Waals surface area contributed by atoms with Crippen LogP contribution in [0.1, 0.15) is 27.0 Å². The number of urea groups is 1. The summed E-state index contributed by atoms with van der Waals surface area (Å²) < 4.78 is 10.4. The number of carbonyl (C=O) groups excluding carboxylic acids is 5. The van der Waals surface area contributed by atoms with Crippen LogP contribution >= 0.6 is 0 Å². The van der Waals surface area contributed by atoms with E-state index in [0.29, 0.717) is 11.3 Å². The van der Waals surface area contributed by atoms with Gasteiger partial charge in [-0.15, -0.1) is 0 Å². The molecule has 39 heavy (non-hydrogen) atoms. The third-order valence-electron chi connectivity index (χ3n) is 5.89. The fourth-order valence-corrected chi connectivity index (χ4v) is 3.84. The zero-order valence-electron chi connectivity index (χ0n) is 21.4. The number of carbonyl (C=O) groups is 5. The molecule has 0 spiro atoms. The number of ether oxygens (including phenoxy) is 2. The first-order valence-corrected chi connectivity index (χ1v) is 11.9. The lowest BCUT2D eigenvalue weighted by Gasteiger charge is -2.26. The molecule has 0 bridgehead atoms. The Bertz CT molecular complexity index is 1510. The van der Waals surface area contributed by atoms with Crippen LogP contribution in [0.4, 0.5) is 16.2 Å². The summed E-state index contributed by atoms with van der Waals surface area (Å²) in [5.74, 6) is -2.45. The first-order valence-electron chi connectivity index (χ1n) is 11.9. The minimum Gasteiger partial charge on any atom is -0.483 e. The molecule has 0 radical (unpaired) electrons. The summed E-state index contributed by atoms with van der Waals surface area (Å²) in [6.45, 7) is 3.49. The number of imide groups is 2. The predicted molar refractivity (Wildman–Crippen MR) is 143 cm³/mol. The van der Waals surface area contributed by atoms with Crippen LogP contribution < -0.4 is 20.3 Å². The Hall–Kier alpha value is -5.25. The topological polar surface area (TPSA) is 131 Å². The van der Waals surface area contributed by atoms with E-state index in [1.807, 2.05) is 32.0 Å². The summed E-state index contributed by atoms with van der Waals surface area (Å²) in [7, 11) is 1.24. The molecule has 1 heterocycles. The van der Waals surface area contributed by atoms with E-state index in [9.17, 15) is 24.0 Å². The van der Waals surface area contributed by atoms with Gasteiger partial charge in [0.2, 0.25) is 0 Å². The molecule has 5 amide bonds. The number of esters is 1. The molecule has 10 heteroatoms. The largest absolute Gasteiger partial charge is 0.483 e. The fourth-order valence-electron chi connectivity index (χ4n) is 3.84. The third kappa shape index (κ3) is 6.02. The van der Waals surface area contributed by atoms with Crippen LogP contribution in [-0.4, -0.2) is 43.4 Å². The van der Waals surface area contributed by atoms with Crippen molar-refractivity contribution in [1.82, 2.24) is 5.32 Å². The van der Waals surface area contributed by atoms with E-state index in [2.05, 4.69) is 15.4 Å². The van der Waals surface area contributed by atoms with Crippen molar-refractivity contribution in [2.24, 2.45) is 0 Å². The molecule has 1 saturated heterocycles. The second-order valence-corrected chi connectivity index (χ2v) is 8.69. The van der Waals surface area contributed by atoms with Crippen LogP contribution in [0.5, 0.6) is 5.75 Å². The summed E-state index contributed by atoms with van der Waals surface area (Å²) in [6, 6.07) is 16.9. The van der Waals surface area contributed by atoms with Gasteiger partial charge in [-0.2, -0.15) is 0 Å². The Morgan fingerprint density at radius 3 is 2.41 bits per heavy atom. The van der Waals surface area contributed by atoms with Crippen LogP contribution in [-0.2, 0) is 19.1 Å². The Kier molecular flexibility index (Phi) is 7.85. The van der Waals surface area contributed by atoms with Crippen LogP contribution in [0.3, 0.4) is 0 Å². The van der Waals surface area contributed by atoms with E-state index in [4.69, 9.17) is 4.74 Å². The Labute approximate surface area is 224 Å². The number of para-hydroxylation sites is 1. The number of methoxy groups -OCH3 is 1. The van der Waals surface area contributed by atoms with Crippen molar-refractivity contribution in [3.05, 3.63) is 94.6 Å². The normalized spacial score (nSPS) is 14.2. The number of amides is 5. The van der Waals surface area contributed by atoms with Gasteiger partial charge in [0.05, 0.1) is 18.4 Å². The number of hydrogen-bond acceptors (Lipinski definition) is 7. The molecule has 3 aromatic rings. The van der Waals surface area contributed by atoms with E-state index in [0.717, 1.165) is 16.0 Å². The van der Waals surface area contributed by atoms with Crippen LogP contribution in [0, 0.1) is 13.8 Å². The second-order valence-electron chi connectivity index (χ2n) is 8.69. The second kappa shape index (κ2) is 11.4. The molecule has 10 nitrogen and oxygen atoms in total. The lowest BCUT2D eigenvalue weighted by Crippen LogP contribution is -2.54. The van der Waals surface area contributed by atoms with Crippen molar-refractivity contribution >= 4 is 47.2 Å². The maximum absolute atomic E-state index is 13.2. The lowest BCUT2D eigenvalue weighted by atomic mass is 10.1. The smallest absolute Gasteiger partial charge is 0.337 e. The highest BCUT2D eigenvalue weighted by Gasteiger charge is 2.37. The Morgan fingerprint density at radius 2 is 1.69 bits per heavy atom. The number of hydrogen-bond donors (Lipinski definition) is 2. The zero-order chi connectivity index (χ0) is 28.1. The molecule has 3 aromatic carbocycles. The fraction of sp³-hybridized carbons (Fsp3) is 0.138. The van der Waals surface area contributed by atoms with Crippen molar-refractivity contribution < 1.29 is 33.4 Å². The number of anilines is 2. The van der Waals surface area contributed by atoms with Crippen molar-refractivity contribution in [3.63, 3.8) is 0 Å². The predicted octanol–water partition coefficient (Wildman–Crippen LogP) is 3.77. The van der Waals surface area contributed by atoms with Crippen molar-refractivity contribution in [2.75, 3.05) is 23.9 Å². The zero-order valence-corrected chi connectivity index (χ0v) is 21.4. The minimum absolute atomic E-state index is 0.149. The molecule has 198 valence electrons. The molecule has 1 aliphatic rings. The van der Waals surface area contributed by atoms with Gasteiger partial charge in [-0.05, 0) is 67.4 Å². The quantitative estimate of drug-likeness (QED) is 0.272. The van der Waals surface area contributed by atoms with Gasteiger partial charge >= 0.3 is 12.0 Å². The Morgan fingerprint density at radius 1 is 0.974 bits per heavy atom. The first-order chi connectivity index (χ1) is 18.7. The Balaban J connectivity index is 1.54. The summed E-state index contributed by atoms with van der Waals surface area (Å²) in [5, 5.41) is 4.96. The summed E-state index contributed by atoms with van der Waals surface area (Å²) in [5.41, 5.74) is 2.99. The molecule has 4 rings (SSSR count). The van der Waals surface area contributed by atoms with E-state index >= 15 is 0 Å². The van der Waals surface area contributed by atoms with Gasteiger partial charge in [0.15, 0.2) is 6.61 Å². The number of rotatable bonds is 7. The van der Waals surface area contributed by atoms with E-state index in [1.54, 1.807) is 24.3 Å². The highest BCUT2D eigenvalue weighted by atomic mass is 16.5. The molecule has 0 aromatic heterocycles. The number of nitrogens with one attached hydrogen (secondary N) is 2. The minimum atomic E-state index is -0.930. The summed E-state index contributed by atoms with van der Waals surface area (Å²) in [6.07, 6.45) is 1.29.